The molecule has 2 rings (SSSR count). The topological polar surface area (TPSA) is 128 Å². The van der Waals surface area contributed by atoms with Crippen molar-refractivity contribution >= 4 is 16.0 Å². The number of aliphatic hydroxyl groups is 2. The summed E-state index contributed by atoms with van der Waals surface area (Å²) >= 11 is 0. The van der Waals surface area contributed by atoms with Crippen molar-refractivity contribution in [3.05, 3.63) is 17.9 Å². The van der Waals surface area contributed by atoms with Crippen LogP contribution in [0.3, 0.4) is 0 Å². The van der Waals surface area contributed by atoms with Gasteiger partial charge in [-0.15, -0.1) is 0 Å². The SMILES string of the molecule is O=C(O)c1ccc(S(=O)(=O)N2CC(O)C(O)C2)o1. The maximum absolute atomic E-state index is 12.0. The molecule has 100 valence electrons. The minimum absolute atomic E-state index is 0.257. The Kier molecular flexibility index (Phi) is 3.15. The molecule has 0 amide bonds. The number of carboxylic acid groups (broad SMARTS) is 1. The van der Waals surface area contributed by atoms with E-state index in [2.05, 4.69) is 0 Å². The minimum Gasteiger partial charge on any atom is -0.475 e. The summed E-state index contributed by atoms with van der Waals surface area (Å²) in [5, 5.41) is 26.7. The fourth-order valence-electron chi connectivity index (χ4n) is 1.63. The smallest absolute Gasteiger partial charge is 0.371 e. The van der Waals surface area contributed by atoms with E-state index in [-0.39, 0.29) is 13.1 Å². The average Bonchev–Trinajstić information content (AvgIpc) is 2.87. The van der Waals surface area contributed by atoms with E-state index >= 15 is 0 Å². The molecule has 0 radical (unpaired) electrons. The van der Waals surface area contributed by atoms with Gasteiger partial charge < -0.3 is 19.7 Å². The van der Waals surface area contributed by atoms with Crippen LogP contribution < -0.4 is 0 Å². The quantitative estimate of drug-likeness (QED) is 0.626. The molecular formula is C9H11NO7S. The van der Waals surface area contributed by atoms with Crippen LogP contribution in [0.15, 0.2) is 21.6 Å². The van der Waals surface area contributed by atoms with Crippen molar-refractivity contribution in [2.75, 3.05) is 13.1 Å². The summed E-state index contributed by atoms with van der Waals surface area (Å²) in [6.07, 6.45) is -2.32. The van der Waals surface area contributed by atoms with Crippen LogP contribution in [0.2, 0.25) is 0 Å². The Balaban J connectivity index is 2.28. The Morgan fingerprint density at radius 3 is 2.28 bits per heavy atom. The number of hydrogen-bond donors (Lipinski definition) is 3. The van der Waals surface area contributed by atoms with Gasteiger partial charge in [0.1, 0.15) is 0 Å². The summed E-state index contributed by atoms with van der Waals surface area (Å²) in [7, 11) is -4.03. The molecule has 0 saturated carbocycles. The number of furan rings is 1. The second-order valence-electron chi connectivity index (χ2n) is 3.88. The molecule has 1 aliphatic heterocycles. The molecule has 1 fully saturated rings. The molecule has 0 spiro atoms. The van der Waals surface area contributed by atoms with Gasteiger partial charge in [0.25, 0.3) is 10.0 Å². The highest BCUT2D eigenvalue weighted by Gasteiger charge is 2.39. The number of β-amino-alcohol motifs (C(OH)–C–C–N with tert-alkyl or cyclic N) is 2. The number of sulfonamides is 1. The van der Waals surface area contributed by atoms with Gasteiger partial charge in [-0.1, -0.05) is 0 Å². The van der Waals surface area contributed by atoms with Crippen molar-refractivity contribution in [2.24, 2.45) is 0 Å². The van der Waals surface area contributed by atoms with E-state index in [0.717, 1.165) is 16.4 Å². The lowest BCUT2D eigenvalue weighted by molar-refractivity contribution is 0.0572. The second-order valence-corrected chi connectivity index (χ2v) is 5.75. The summed E-state index contributed by atoms with van der Waals surface area (Å²) < 4.78 is 29.5. The highest BCUT2D eigenvalue weighted by molar-refractivity contribution is 7.89. The Labute approximate surface area is 102 Å². The van der Waals surface area contributed by atoms with E-state index in [9.17, 15) is 23.4 Å². The maximum atomic E-state index is 12.0. The van der Waals surface area contributed by atoms with Crippen molar-refractivity contribution in [3.8, 4) is 0 Å². The predicted octanol–water partition coefficient (Wildman–Crippen LogP) is -1.30. The Bertz CT molecular complexity index is 553. The normalized spacial score (nSPS) is 25.4. The van der Waals surface area contributed by atoms with Gasteiger partial charge in [0.05, 0.1) is 12.2 Å². The number of carboxylic acids is 1. The molecule has 1 aromatic heterocycles. The third-order valence-electron chi connectivity index (χ3n) is 2.61. The van der Waals surface area contributed by atoms with Gasteiger partial charge in [0.15, 0.2) is 0 Å². The fourth-order valence-corrected chi connectivity index (χ4v) is 3.02. The van der Waals surface area contributed by atoms with Gasteiger partial charge >= 0.3 is 5.97 Å². The fraction of sp³-hybridized carbons (Fsp3) is 0.444. The van der Waals surface area contributed by atoms with Gasteiger partial charge in [-0.2, -0.15) is 4.31 Å². The number of hydrogen-bond acceptors (Lipinski definition) is 6. The predicted molar refractivity (Wildman–Crippen MR) is 56.4 cm³/mol. The molecule has 18 heavy (non-hydrogen) atoms. The third kappa shape index (κ3) is 2.12. The van der Waals surface area contributed by atoms with Crippen LogP contribution in [0, 0.1) is 0 Å². The lowest BCUT2D eigenvalue weighted by Gasteiger charge is -2.12. The largest absolute Gasteiger partial charge is 0.475 e. The number of rotatable bonds is 3. The van der Waals surface area contributed by atoms with Crippen LogP contribution in [0.5, 0.6) is 0 Å². The zero-order valence-corrected chi connectivity index (χ0v) is 9.87. The number of aromatic carboxylic acids is 1. The first kappa shape index (κ1) is 13.0. The van der Waals surface area contributed by atoms with E-state index in [4.69, 9.17) is 9.52 Å². The molecule has 0 aliphatic carbocycles. The molecular weight excluding hydrogens is 266 g/mol. The third-order valence-corrected chi connectivity index (χ3v) is 4.32. The van der Waals surface area contributed by atoms with E-state index < -0.39 is 39.1 Å². The van der Waals surface area contributed by atoms with E-state index in [1.165, 1.54) is 0 Å². The van der Waals surface area contributed by atoms with Crippen LogP contribution in [-0.4, -0.2) is 59.3 Å². The zero-order valence-electron chi connectivity index (χ0n) is 9.05. The van der Waals surface area contributed by atoms with Crippen molar-refractivity contribution in [3.63, 3.8) is 0 Å². The molecule has 8 nitrogen and oxygen atoms in total. The van der Waals surface area contributed by atoms with Gasteiger partial charge in [-0.25, -0.2) is 13.2 Å². The van der Waals surface area contributed by atoms with Gasteiger partial charge in [0.2, 0.25) is 10.9 Å². The first-order chi connectivity index (χ1) is 8.32. The van der Waals surface area contributed by atoms with Crippen molar-refractivity contribution < 1.29 is 32.9 Å². The average molecular weight is 277 g/mol. The lowest BCUT2D eigenvalue weighted by Crippen LogP contribution is -2.29. The van der Waals surface area contributed by atoms with Crippen molar-refractivity contribution in [2.45, 2.75) is 17.3 Å². The summed E-state index contributed by atoms with van der Waals surface area (Å²) in [5.41, 5.74) is 0. The maximum Gasteiger partial charge on any atom is 0.371 e. The van der Waals surface area contributed by atoms with E-state index in [0.29, 0.717) is 0 Å². The molecule has 0 aromatic carbocycles. The Morgan fingerprint density at radius 2 is 1.83 bits per heavy atom. The van der Waals surface area contributed by atoms with Gasteiger partial charge in [-0.05, 0) is 12.1 Å². The van der Waals surface area contributed by atoms with Crippen molar-refractivity contribution in [1.82, 2.24) is 4.31 Å². The molecule has 9 heteroatoms. The molecule has 2 unspecified atom stereocenters. The Hall–Kier alpha value is -1.42. The van der Waals surface area contributed by atoms with Crippen LogP contribution in [-0.2, 0) is 10.0 Å². The highest BCUT2D eigenvalue weighted by atomic mass is 32.2. The summed E-state index contributed by atoms with van der Waals surface area (Å²) in [6.45, 7) is -0.515. The monoisotopic (exact) mass is 277 g/mol. The Morgan fingerprint density at radius 1 is 1.28 bits per heavy atom. The number of nitrogens with zero attached hydrogens (tertiary/aromatic N) is 1. The van der Waals surface area contributed by atoms with Crippen LogP contribution >= 0.6 is 0 Å². The number of carbonyl (C=O) groups is 1. The van der Waals surface area contributed by atoms with Crippen LogP contribution in [0.25, 0.3) is 0 Å². The summed E-state index contributed by atoms with van der Waals surface area (Å²) in [6, 6.07) is 2.05. The second kappa shape index (κ2) is 4.35. The summed E-state index contributed by atoms with van der Waals surface area (Å²) in [5.74, 6) is -1.87. The standard InChI is InChI=1S/C9H11NO7S/c11-5-3-10(4-6(5)12)18(15,16)8-2-1-7(17-8)9(13)14/h1-2,5-6,11-12H,3-4H2,(H,13,14). The number of aliphatic hydroxyl groups excluding tert-OH is 2. The minimum atomic E-state index is -4.03. The first-order valence-electron chi connectivity index (χ1n) is 5.02. The van der Waals surface area contributed by atoms with E-state index in [1.54, 1.807) is 0 Å². The molecule has 3 N–H and O–H groups in total. The van der Waals surface area contributed by atoms with Crippen LogP contribution in [0.4, 0.5) is 0 Å². The molecule has 2 heterocycles. The van der Waals surface area contributed by atoms with E-state index in [1.807, 2.05) is 0 Å². The summed E-state index contributed by atoms with van der Waals surface area (Å²) in [4.78, 5) is 10.6. The van der Waals surface area contributed by atoms with Crippen LogP contribution in [0.1, 0.15) is 10.6 Å². The van der Waals surface area contributed by atoms with Crippen molar-refractivity contribution in [1.29, 1.82) is 0 Å². The lowest BCUT2D eigenvalue weighted by atomic mass is 10.3. The molecule has 1 aromatic rings. The van der Waals surface area contributed by atoms with Gasteiger partial charge in [-0.3, -0.25) is 0 Å². The highest BCUT2D eigenvalue weighted by Crippen LogP contribution is 2.23. The zero-order chi connectivity index (χ0) is 13.5. The molecule has 0 bridgehead atoms. The molecule has 1 aliphatic rings. The first-order valence-corrected chi connectivity index (χ1v) is 6.46. The molecule has 1 saturated heterocycles. The molecule has 2 atom stereocenters. The van der Waals surface area contributed by atoms with Gasteiger partial charge in [0, 0.05) is 13.1 Å².